The third-order valence-corrected chi connectivity index (χ3v) is 5.26. The summed E-state index contributed by atoms with van der Waals surface area (Å²) in [5, 5.41) is 5.70. The number of carbonyl (C=O) groups is 1. The van der Waals surface area contributed by atoms with Crippen LogP contribution in [0, 0.1) is 34.6 Å². The molecular weight excluding hydrogens is 416 g/mol. The molecule has 0 saturated heterocycles. The normalized spacial score (nSPS) is 10.7. The molecule has 33 heavy (non-hydrogen) atoms. The second-order valence-corrected chi connectivity index (χ2v) is 7.92. The first-order valence-electron chi connectivity index (χ1n) is 10.6. The summed E-state index contributed by atoms with van der Waals surface area (Å²) in [6.45, 7) is 9.74. The van der Waals surface area contributed by atoms with Crippen LogP contribution < -0.4 is 15.4 Å². The highest BCUT2D eigenvalue weighted by atomic mass is 16.5. The van der Waals surface area contributed by atoms with Crippen molar-refractivity contribution in [1.82, 2.24) is 19.5 Å². The van der Waals surface area contributed by atoms with Crippen molar-refractivity contribution in [1.29, 1.82) is 0 Å². The van der Waals surface area contributed by atoms with Gasteiger partial charge in [0.25, 0.3) is 0 Å². The Labute approximate surface area is 192 Å². The fourth-order valence-corrected chi connectivity index (χ4v) is 3.40. The number of hydrogen-bond donors (Lipinski definition) is 2. The Morgan fingerprint density at radius 3 is 2.33 bits per heavy atom. The molecule has 0 fully saturated rings. The van der Waals surface area contributed by atoms with E-state index in [9.17, 15) is 4.79 Å². The number of benzene rings is 2. The number of imidazole rings is 1. The van der Waals surface area contributed by atoms with E-state index in [1.165, 1.54) is 0 Å². The van der Waals surface area contributed by atoms with Crippen LogP contribution in [0.1, 0.15) is 28.3 Å². The first-order chi connectivity index (χ1) is 15.8. The van der Waals surface area contributed by atoms with Gasteiger partial charge in [-0.15, -0.1) is 0 Å². The summed E-state index contributed by atoms with van der Waals surface area (Å²) in [6, 6.07) is 14.4. The molecule has 8 nitrogen and oxygen atoms in total. The number of ether oxygens (including phenoxy) is 1. The number of rotatable bonds is 5. The van der Waals surface area contributed by atoms with E-state index in [1.54, 1.807) is 36.7 Å². The molecule has 0 atom stereocenters. The molecule has 4 rings (SSSR count). The minimum absolute atomic E-state index is 0.308. The van der Waals surface area contributed by atoms with Crippen molar-refractivity contribution in [3.8, 4) is 17.4 Å². The maximum atomic E-state index is 12.4. The SMILES string of the molecule is Cc1ccc(NC(=O)Nc2ccc(Oc3cc(-n4cnc(C)c4C)nc(C)n3)cc2)c(C)c1. The van der Waals surface area contributed by atoms with E-state index in [1.807, 2.05) is 57.4 Å². The summed E-state index contributed by atoms with van der Waals surface area (Å²) in [6.07, 6.45) is 1.74. The number of urea groups is 1. The fourth-order valence-electron chi connectivity index (χ4n) is 3.40. The van der Waals surface area contributed by atoms with Crippen molar-refractivity contribution in [3.05, 3.63) is 83.2 Å². The molecule has 2 N–H and O–H groups in total. The fraction of sp³-hybridized carbons (Fsp3) is 0.200. The van der Waals surface area contributed by atoms with E-state index < -0.39 is 0 Å². The zero-order chi connectivity index (χ0) is 23.5. The van der Waals surface area contributed by atoms with Crippen molar-refractivity contribution < 1.29 is 9.53 Å². The van der Waals surface area contributed by atoms with Gasteiger partial charge in [-0.3, -0.25) is 4.57 Å². The van der Waals surface area contributed by atoms with Crippen molar-refractivity contribution in [2.24, 2.45) is 0 Å². The largest absolute Gasteiger partial charge is 0.439 e. The molecule has 0 unspecified atom stereocenters. The van der Waals surface area contributed by atoms with Crippen LogP contribution in [0.4, 0.5) is 16.2 Å². The molecule has 0 bridgehead atoms. The van der Waals surface area contributed by atoms with Gasteiger partial charge in [-0.25, -0.2) is 14.8 Å². The lowest BCUT2D eigenvalue weighted by atomic mass is 10.1. The van der Waals surface area contributed by atoms with Crippen LogP contribution >= 0.6 is 0 Å². The average Bonchev–Trinajstić information content (AvgIpc) is 3.09. The third-order valence-electron chi connectivity index (χ3n) is 5.26. The first kappa shape index (κ1) is 22.0. The average molecular weight is 443 g/mol. The molecule has 2 aromatic heterocycles. The standard InChI is InChI=1S/C25H26N6O2/c1-15-6-11-22(16(2)12-15)30-25(32)29-20-7-9-21(10-8-20)33-24-13-23(27-19(5)28-24)31-14-26-17(3)18(31)4/h6-14H,1-5H3,(H2,29,30,32). The zero-order valence-corrected chi connectivity index (χ0v) is 19.3. The minimum Gasteiger partial charge on any atom is -0.439 e. The zero-order valence-electron chi connectivity index (χ0n) is 19.3. The quantitative estimate of drug-likeness (QED) is 0.417. The molecule has 0 saturated carbocycles. The monoisotopic (exact) mass is 442 g/mol. The minimum atomic E-state index is -0.308. The number of nitrogens with zero attached hydrogens (tertiary/aromatic N) is 4. The Morgan fingerprint density at radius 2 is 1.67 bits per heavy atom. The van der Waals surface area contributed by atoms with E-state index in [0.717, 1.165) is 28.2 Å². The molecule has 2 heterocycles. The molecule has 8 heteroatoms. The summed E-state index contributed by atoms with van der Waals surface area (Å²) >= 11 is 0. The van der Waals surface area contributed by atoms with Crippen LogP contribution in [0.3, 0.4) is 0 Å². The van der Waals surface area contributed by atoms with Gasteiger partial charge in [0.05, 0.1) is 5.69 Å². The van der Waals surface area contributed by atoms with Crippen LogP contribution in [0.2, 0.25) is 0 Å². The predicted octanol–water partition coefficient (Wildman–Crippen LogP) is 5.64. The summed E-state index contributed by atoms with van der Waals surface area (Å²) < 4.78 is 7.84. The van der Waals surface area contributed by atoms with Gasteiger partial charge in [-0.1, -0.05) is 17.7 Å². The Bertz CT molecular complexity index is 1310. The Morgan fingerprint density at radius 1 is 0.909 bits per heavy atom. The Balaban J connectivity index is 1.43. The summed E-state index contributed by atoms with van der Waals surface area (Å²) in [4.78, 5) is 25.5. The third kappa shape index (κ3) is 5.17. The lowest BCUT2D eigenvalue weighted by Gasteiger charge is -2.12. The number of aryl methyl sites for hydroxylation is 4. The molecule has 2 amide bonds. The summed E-state index contributed by atoms with van der Waals surface area (Å²) in [5.74, 6) is 2.31. The molecule has 0 aliphatic heterocycles. The van der Waals surface area contributed by atoms with E-state index in [2.05, 4.69) is 25.6 Å². The molecule has 0 radical (unpaired) electrons. The van der Waals surface area contributed by atoms with E-state index in [-0.39, 0.29) is 6.03 Å². The van der Waals surface area contributed by atoms with Gasteiger partial charge >= 0.3 is 6.03 Å². The van der Waals surface area contributed by atoms with Crippen LogP contribution in [0.5, 0.6) is 11.6 Å². The van der Waals surface area contributed by atoms with Crippen molar-refractivity contribution in [2.45, 2.75) is 34.6 Å². The topological polar surface area (TPSA) is 94.0 Å². The molecule has 168 valence electrons. The number of amides is 2. The van der Waals surface area contributed by atoms with Crippen molar-refractivity contribution in [2.75, 3.05) is 10.6 Å². The number of nitrogens with one attached hydrogen (secondary N) is 2. The summed E-state index contributed by atoms with van der Waals surface area (Å²) in [7, 11) is 0. The van der Waals surface area contributed by atoms with E-state index in [0.29, 0.717) is 29.0 Å². The molecule has 0 aliphatic rings. The summed E-state index contributed by atoms with van der Waals surface area (Å²) in [5.41, 5.74) is 5.53. The van der Waals surface area contributed by atoms with Gasteiger partial charge in [-0.05, 0) is 70.5 Å². The van der Waals surface area contributed by atoms with Gasteiger partial charge in [0.15, 0.2) is 0 Å². The molecule has 0 spiro atoms. The maximum Gasteiger partial charge on any atom is 0.323 e. The van der Waals surface area contributed by atoms with Gasteiger partial charge in [0, 0.05) is 23.1 Å². The van der Waals surface area contributed by atoms with Gasteiger partial charge < -0.3 is 15.4 Å². The number of anilines is 2. The first-order valence-corrected chi connectivity index (χ1v) is 10.6. The van der Waals surface area contributed by atoms with Crippen molar-refractivity contribution >= 4 is 17.4 Å². The van der Waals surface area contributed by atoms with Crippen LogP contribution in [0.15, 0.2) is 54.9 Å². The smallest absolute Gasteiger partial charge is 0.323 e. The number of carbonyl (C=O) groups excluding carboxylic acids is 1. The Hall–Kier alpha value is -4.20. The van der Waals surface area contributed by atoms with Crippen molar-refractivity contribution in [3.63, 3.8) is 0 Å². The molecule has 4 aromatic rings. The van der Waals surface area contributed by atoms with Crippen LogP contribution in [-0.4, -0.2) is 25.6 Å². The lowest BCUT2D eigenvalue weighted by molar-refractivity contribution is 0.262. The van der Waals surface area contributed by atoms with Gasteiger partial charge in [-0.2, -0.15) is 4.98 Å². The van der Waals surface area contributed by atoms with Crippen LogP contribution in [0.25, 0.3) is 5.82 Å². The second-order valence-electron chi connectivity index (χ2n) is 7.92. The highest BCUT2D eigenvalue weighted by molar-refractivity contribution is 6.00. The highest BCUT2D eigenvalue weighted by Gasteiger charge is 2.10. The molecule has 2 aromatic carbocycles. The van der Waals surface area contributed by atoms with E-state index in [4.69, 9.17) is 4.74 Å². The van der Waals surface area contributed by atoms with Crippen LogP contribution in [-0.2, 0) is 0 Å². The molecule has 0 aliphatic carbocycles. The predicted molar refractivity (Wildman–Crippen MR) is 128 cm³/mol. The van der Waals surface area contributed by atoms with Gasteiger partial charge in [0.1, 0.15) is 23.7 Å². The number of hydrogen-bond acceptors (Lipinski definition) is 5. The maximum absolute atomic E-state index is 12.4. The Kier molecular flexibility index (Phi) is 6.08. The van der Waals surface area contributed by atoms with E-state index >= 15 is 0 Å². The lowest BCUT2D eigenvalue weighted by Crippen LogP contribution is -2.19. The number of aromatic nitrogens is 4. The van der Waals surface area contributed by atoms with Gasteiger partial charge in [0.2, 0.25) is 5.88 Å². The molecular formula is C25H26N6O2. The second kappa shape index (κ2) is 9.12. The highest BCUT2D eigenvalue weighted by Crippen LogP contribution is 2.24.